The monoisotopic (exact) mass is 242 g/mol. The third-order valence-electron chi connectivity index (χ3n) is 3.39. The molecule has 0 nitrogen and oxygen atoms in total. The molecule has 3 rings (SSSR count). The summed E-state index contributed by atoms with van der Waals surface area (Å²) in [6.07, 6.45) is 6.14. The predicted molar refractivity (Wildman–Crippen MR) is 81.9 cm³/mol. The van der Waals surface area contributed by atoms with Gasteiger partial charge in [-0.1, -0.05) is 66.7 Å². The normalized spacial score (nSPS) is 10.3. The van der Waals surface area contributed by atoms with Crippen LogP contribution in [-0.4, -0.2) is 0 Å². The molecule has 3 aromatic carbocycles. The van der Waals surface area contributed by atoms with Crippen molar-refractivity contribution in [1.29, 1.82) is 0 Å². The highest BCUT2D eigenvalue weighted by Gasteiger charge is 2.06. The Labute approximate surface area is 113 Å². The minimum Gasteiger partial charge on any atom is -0.120 e. The summed E-state index contributed by atoms with van der Waals surface area (Å²) in [5, 5.41) is 2.53. The van der Waals surface area contributed by atoms with Crippen LogP contribution in [0.5, 0.6) is 0 Å². The van der Waals surface area contributed by atoms with Crippen molar-refractivity contribution in [1.82, 2.24) is 0 Å². The van der Waals surface area contributed by atoms with Crippen LogP contribution in [0.4, 0.5) is 0 Å². The van der Waals surface area contributed by atoms with Gasteiger partial charge in [0.1, 0.15) is 0 Å². The lowest BCUT2D eigenvalue weighted by Gasteiger charge is -2.10. The third kappa shape index (κ3) is 2.11. The van der Waals surface area contributed by atoms with Crippen molar-refractivity contribution in [2.75, 3.05) is 0 Å². The van der Waals surface area contributed by atoms with Crippen LogP contribution in [0.1, 0.15) is 5.56 Å². The second kappa shape index (κ2) is 5.00. The van der Waals surface area contributed by atoms with Crippen molar-refractivity contribution in [3.8, 4) is 23.5 Å². The minimum atomic E-state index is 0.666. The summed E-state index contributed by atoms with van der Waals surface area (Å²) >= 11 is 0. The van der Waals surface area contributed by atoms with Crippen LogP contribution in [0.15, 0.2) is 66.7 Å². The number of fused-ring (bicyclic) bond motifs is 1. The van der Waals surface area contributed by atoms with E-state index in [0.717, 1.165) is 0 Å². The maximum Gasteiger partial charge on any atom is 0.0343 e. The van der Waals surface area contributed by atoms with E-state index in [-0.39, 0.29) is 0 Å². The highest BCUT2D eigenvalue weighted by Crippen LogP contribution is 2.31. The molecular formula is C19H14. The summed E-state index contributed by atoms with van der Waals surface area (Å²) in [7, 11) is 0. The summed E-state index contributed by atoms with van der Waals surface area (Å²) in [5.74, 6) is 2.74. The average molecular weight is 242 g/mol. The van der Waals surface area contributed by atoms with Crippen molar-refractivity contribution in [3.05, 3.63) is 72.3 Å². The quantitative estimate of drug-likeness (QED) is 0.572. The Bertz CT molecular complexity index is 755. The van der Waals surface area contributed by atoms with Gasteiger partial charge in [0.15, 0.2) is 0 Å². The topological polar surface area (TPSA) is 0 Å². The lowest BCUT2D eigenvalue weighted by atomic mass is 9.93. The predicted octanol–water partition coefficient (Wildman–Crippen LogP) is 4.68. The zero-order valence-electron chi connectivity index (χ0n) is 10.6. The van der Waals surface area contributed by atoms with Gasteiger partial charge in [0.25, 0.3) is 0 Å². The summed E-state index contributed by atoms with van der Waals surface area (Å²) in [6, 6.07) is 23.2. The molecule has 0 aliphatic heterocycles. The van der Waals surface area contributed by atoms with Crippen LogP contribution >= 0.6 is 0 Å². The summed E-state index contributed by atoms with van der Waals surface area (Å²) in [4.78, 5) is 0. The fourth-order valence-electron chi connectivity index (χ4n) is 2.51. The van der Waals surface area contributed by atoms with Gasteiger partial charge in [-0.2, -0.15) is 0 Å². The van der Waals surface area contributed by atoms with E-state index in [4.69, 9.17) is 6.42 Å². The summed E-state index contributed by atoms with van der Waals surface area (Å²) in [5.41, 5.74) is 3.70. The van der Waals surface area contributed by atoms with Crippen LogP contribution in [0, 0.1) is 12.3 Å². The Balaban J connectivity index is 2.28. The van der Waals surface area contributed by atoms with Gasteiger partial charge in [-0.15, -0.1) is 12.3 Å². The zero-order chi connectivity index (χ0) is 13.1. The molecule has 0 aromatic heterocycles. The van der Waals surface area contributed by atoms with Crippen molar-refractivity contribution in [2.24, 2.45) is 0 Å². The van der Waals surface area contributed by atoms with E-state index in [2.05, 4.69) is 66.6 Å². The third-order valence-corrected chi connectivity index (χ3v) is 3.39. The number of terminal acetylenes is 1. The molecule has 0 radical (unpaired) electrons. The standard InChI is InChI=1S/C19H14/c1-2-8-15-9-3-5-12-17(15)19-14-7-11-16-10-4-6-13-18(16)19/h1,3-7,9-14H,8H2. The number of hydrogen-bond donors (Lipinski definition) is 0. The van der Waals surface area contributed by atoms with Gasteiger partial charge in [0.2, 0.25) is 0 Å². The van der Waals surface area contributed by atoms with E-state index in [1.54, 1.807) is 0 Å². The molecule has 0 fully saturated rings. The fourth-order valence-corrected chi connectivity index (χ4v) is 2.51. The molecule has 0 atom stereocenters. The van der Waals surface area contributed by atoms with Gasteiger partial charge in [-0.3, -0.25) is 0 Å². The maximum atomic E-state index is 5.47. The molecule has 0 heteroatoms. The summed E-state index contributed by atoms with van der Waals surface area (Å²) in [6.45, 7) is 0. The van der Waals surface area contributed by atoms with Crippen LogP contribution in [-0.2, 0) is 6.42 Å². The fraction of sp³-hybridized carbons (Fsp3) is 0.0526. The maximum absolute atomic E-state index is 5.47. The number of hydrogen-bond acceptors (Lipinski definition) is 0. The van der Waals surface area contributed by atoms with E-state index >= 15 is 0 Å². The molecule has 0 heterocycles. The highest BCUT2D eigenvalue weighted by molar-refractivity contribution is 5.97. The first kappa shape index (κ1) is 11.6. The number of rotatable bonds is 2. The Kier molecular flexibility index (Phi) is 3.04. The average Bonchev–Trinajstić information content (AvgIpc) is 2.48. The van der Waals surface area contributed by atoms with Gasteiger partial charge in [0, 0.05) is 6.42 Å². The first-order chi connectivity index (χ1) is 9.40. The van der Waals surface area contributed by atoms with Crippen LogP contribution in [0.3, 0.4) is 0 Å². The van der Waals surface area contributed by atoms with Crippen LogP contribution in [0.2, 0.25) is 0 Å². The molecule has 0 aliphatic carbocycles. The van der Waals surface area contributed by atoms with E-state index in [1.165, 1.54) is 27.5 Å². The van der Waals surface area contributed by atoms with Gasteiger partial charge in [-0.05, 0) is 27.5 Å². The lowest BCUT2D eigenvalue weighted by Crippen LogP contribution is -1.89. The first-order valence-electron chi connectivity index (χ1n) is 6.39. The Morgan fingerprint density at radius 1 is 0.737 bits per heavy atom. The molecule has 0 saturated heterocycles. The Morgan fingerprint density at radius 2 is 1.42 bits per heavy atom. The second-order valence-electron chi connectivity index (χ2n) is 4.56. The van der Waals surface area contributed by atoms with Gasteiger partial charge in [-0.25, -0.2) is 0 Å². The lowest BCUT2D eigenvalue weighted by molar-refractivity contribution is 1.32. The molecule has 0 spiro atoms. The van der Waals surface area contributed by atoms with Crippen LogP contribution in [0.25, 0.3) is 21.9 Å². The van der Waals surface area contributed by atoms with Gasteiger partial charge < -0.3 is 0 Å². The molecule has 19 heavy (non-hydrogen) atoms. The second-order valence-corrected chi connectivity index (χ2v) is 4.56. The van der Waals surface area contributed by atoms with Gasteiger partial charge in [0.05, 0.1) is 0 Å². The number of benzene rings is 3. The summed E-state index contributed by atoms with van der Waals surface area (Å²) < 4.78 is 0. The van der Waals surface area contributed by atoms with E-state index in [9.17, 15) is 0 Å². The highest BCUT2D eigenvalue weighted by atomic mass is 14.1. The zero-order valence-corrected chi connectivity index (χ0v) is 10.6. The van der Waals surface area contributed by atoms with E-state index in [0.29, 0.717) is 6.42 Å². The molecule has 0 amide bonds. The van der Waals surface area contributed by atoms with Crippen molar-refractivity contribution < 1.29 is 0 Å². The molecule has 90 valence electrons. The Morgan fingerprint density at radius 3 is 2.32 bits per heavy atom. The van der Waals surface area contributed by atoms with Crippen molar-refractivity contribution in [3.63, 3.8) is 0 Å². The molecular weight excluding hydrogens is 228 g/mol. The SMILES string of the molecule is C#CCc1ccccc1-c1cccc2ccccc12. The molecule has 3 aromatic rings. The molecule has 0 bridgehead atoms. The molecule has 0 saturated carbocycles. The largest absolute Gasteiger partial charge is 0.120 e. The first-order valence-corrected chi connectivity index (χ1v) is 6.39. The van der Waals surface area contributed by atoms with Crippen molar-refractivity contribution in [2.45, 2.75) is 6.42 Å². The van der Waals surface area contributed by atoms with E-state index in [1.807, 2.05) is 6.07 Å². The van der Waals surface area contributed by atoms with Crippen molar-refractivity contribution >= 4 is 10.8 Å². The van der Waals surface area contributed by atoms with E-state index < -0.39 is 0 Å². The molecule has 0 aliphatic rings. The molecule has 0 unspecified atom stereocenters. The Hall–Kier alpha value is -2.52. The smallest absolute Gasteiger partial charge is 0.0343 e. The molecule has 0 N–H and O–H groups in total. The van der Waals surface area contributed by atoms with Gasteiger partial charge >= 0.3 is 0 Å². The van der Waals surface area contributed by atoms with Crippen LogP contribution < -0.4 is 0 Å². The minimum absolute atomic E-state index is 0.666.